The molecule has 0 aromatic heterocycles. The molecule has 0 aromatic carbocycles. The fraction of sp³-hybridized carbons (Fsp3) is 0.667. The van der Waals surface area contributed by atoms with Crippen LogP contribution in [0.2, 0.25) is 0 Å². The molecule has 5 heteroatoms. The Labute approximate surface area is 120 Å². The first-order valence-electron chi connectivity index (χ1n) is 6.75. The van der Waals surface area contributed by atoms with Crippen LogP contribution in [0.1, 0.15) is 19.3 Å². The summed E-state index contributed by atoms with van der Waals surface area (Å²) in [6.07, 6.45) is 10.8. The zero-order valence-electron chi connectivity index (χ0n) is 11.8. The van der Waals surface area contributed by atoms with Gasteiger partial charge in [-0.25, -0.2) is 0 Å². The summed E-state index contributed by atoms with van der Waals surface area (Å²) < 4.78 is 5.68. The van der Waals surface area contributed by atoms with Crippen LogP contribution in [0.15, 0.2) is 0 Å². The zero-order chi connectivity index (χ0) is 15.0. The van der Waals surface area contributed by atoms with Gasteiger partial charge in [0.1, 0.15) is 0 Å². The second kappa shape index (κ2) is 8.60. The number of rotatable bonds is 6. The molecule has 0 saturated carbocycles. The number of hydrogen-bond acceptors (Lipinski definition) is 4. The van der Waals surface area contributed by atoms with Crippen molar-refractivity contribution in [3.05, 3.63) is 0 Å². The molecule has 0 aromatic rings. The van der Waals surface area contributed by atoms with Gasteiger partial charge in [0.15, 0.2) is 6.10 Å². The summed E-state index contributed by atoms with van der Waals surface area (Å²) in [6, 6.07) is 0. The summed E-state index contributed by atoms with van der Waals surface area (Å²) in [6.45, 7) is 1.52. The largest absolute Gasteiger partial charge is 0.390 e. The van der Waals surface area contributed by atoms with E-state index >= 15 is 0 Å². The first-order valence-corrected chi connectivity index (χ1v) is 6.75. The normalized spacial score (nSPS) is 25.8. The molecule has 1 saturated heterocycles. The van der Waals surface area contributed by atoms with Crippen LogP contribution in [0.5, 0.6) is 0 Å². The molecule has 0 spiro atoms. The SMILES string of the molecule is C#CCNC(=O)C1OC(CCN(C)CC#C)CCC1O. The Morgan fingerprint density at radius 2 is 2.20 bits per heavy atom. The molecular formula is C15H22N2O3. The van der Waals surface area contributed by atoms with Crippen molar-refractivity contribution < 1.29 is 14.6 Å². The molecule has 1 fully saturated rings. The van der Waals surface area contributed by atoms with E-state index in [4.69, 9.17) is 17.6 Å². The minimum Gasteiger partial charge on any atom is -0.390 e. The van der Waals surface area contributed by atoms with Crippen LogP contribution in [-0.2, 0) is 9.53 Å². The third-order valence-corrected chi connectivity index (χ3v) is 3.29. The van der Waals surface area contributed by atoms with Gasteiger partial charge in [0.25, 0.3) is 5.91 Å². The first-order chi connectivity index (χ1) is 9.58. The van der Waals surface area contributed by atoms with E-state index in [2.05, 4.69) is 17.2 Å². The topological polar surface area (TPSA) is 61.8 Å². The minimum absolute atomic E-state index is 0.0415. The van der Waals surface area contributed by atoms with Crippen molar-refractivity contribution in [3.63, 3.8) is 0 Å². The second-order valence-corrected chi connectivity index (χ2v) is 4.98. The molecule has 1 aliphatic heterocycles. The van der Waals surface area contributed by atoms with Gasteiger partial charge in [0.2, 0.25) is 0 Å². The molecule has 0 bridgehead atoms. The summed E-state index contributed by atoms with van der Waals surface area (Å²) in [7, 11) is 1.94. The standard InChI is InChI=1S/C15H22N2O3/c1-4-9-16-15(19)14-13(18)7-6-12(20-14)8-11-17(3)10-5-2/h1-2,12-14,18H,6-11H2,3H3,(H,16,19). The lowest BCUT2D eigenvalue weighted by atomic mass is 9.98. The van der Waals surface area contributed by atoms with Gasteiger partial charge in [-0.1, -0.05) is 11.8 Å². The third-order valence-electron chi connectivity index (χ3n) is 3.29. The van der Waals surface area contributed by atoms with E-state index in [9.17, 15) is 9.90 Å². The fourth-order valence-corrected chi connectivity index (χ4v) is 2.16. The molecule has 0 radical (unpaired) electrons. The molecule has 3 atom stereocenters. The van der Waals surface area contributed by atoms with Crippen molar-refractivity contribution in [1.29, 1.82) is 0 Å². The highest BCUT2D eigenvalue weighted by atomic mass is 16.5. The average molecular weight is 278 g/mol. The molecule has 1 amide bonds. The number of nitrogens with zero attached hydrogens (tertiary/aromatic N) is 1. The van der Waals surface area contributed by atoms with E-state index in [1.54, 1.807) is 0 Å². The Kier molecular flexibility index (Phi) is 7.11. The number of nitrogens with one attached hydrogen (secondary N) is 1. The minimum atomic E-state index is -0.833. The highest BCUT2D eigenvalue weighted by Crippen LogP contribution is 2.22. The third kappa shape index (κ3) is 5.22. The molecule has 5 nitrogen and oxygen atoms in total. The Morgan fingerprint density at radius 3 is 2.85 bits per heavy atom. The summed E-state index contributed by atoms with van der Waals surface area (Å²) in [5.74, 6) is 4.55. The maximum Gasteiger partial charge on any atom is 0.252 e. The summed E-state index contributed by atoms with van der Waals surface area (Å²) >= 11 is 0. The van der Waals surface area contributed by atoms with Gasteiger partial charge in [-0.15, -0.1) is 12.8 Å². The van der Waals surface area contributed by atoms with Gasteiger partial charge >= 0.3 is 0 Å². The Morgan fingerprint density at radius 1 is 1.45 bits per heavy atom. The monoisotopic (exact) mass is 278 g/mol. The number of aliphatic hydroxyl groups excluding tert-OH is 1. The summed E-state index contributed by atoms with van der Waals surface area (Å²) in [5, 5.41) is 12.4. The molecular weight excluding hydrogens is 256 g/mol. The van der Waals surface area contributed by atoms with Crippen molar-refractivity contribution in [2.24, 2.45) is 0 Å². The summed E-state index contributed by atoms with van der Waals surface area (Å²) in [5.41, 5.74) is 0. The van der Waals surface area contributed by atoms with Gasteiger partial charge in [-0.05, 0) is 26.3 Å². The van der Waals surface area contributed by atoms with E-state index in [-0.39, 0.29) is 18.6 Å². The van der Waals surface area contributed by atoms with Crippen LogP contribution in [0.4, 0.5) is 0 Å². The van der Waals surface area contributed by atoms with Gasteiger partial charge in [0.05, 0.1) is 25.3 Å². The highest BCUT2D eigenvalue weighted by molar-refractivity contribution is 5.81. The number of hydrogen-bond donors (Lipinski definition) is 2. The van der Waals surface area contributed by atoms with Crippen LogP contribution in [0.25, 0.3) is 0 Å². The Hall–Kier alpha value is -1.53. The zero-order valence-corrected chi connectivity index (χ0v) is 11.8. The summed E-state index contributed by atoms with van der Waals surface area (Å²) in [4.78, 5) is 13.8. The Balaban J connectivity index is 2.43. The maximum absolute atomic E-state index is 11.8. The van der Waals surface area contributed by atoms with Gasteiger partial charge in [-0.2, -0.15) is 0 Å². The lowest BCUT2D eigenvalue weighted by Gasteiger charge is -2.33. The molecule has 3 unspecified atom stereocenters. The van der Waals surface area contributed by atoms with Gasteiger partial charge < -0.3 is 15.2 Å². The predicted molar refractivity (Wildman–Crippen MR) is 76.7 cm³/mol. The van der Waals surface area contributed by atoms with E-state index < -0.39 is 12.2 Å². The number of terminal acetylenes is 2. The molecule has 1 aliphatic rings. The molecule has 2 N–H and O–H groups in total. The van der Waals surface area contributed by atoms with Crippen molar-refractivity contribution in [1.82, 2.24) is 10.2 Å². The quantitative estimate of drug-likeness (QED) is 0.649. The molecule has 0 aliphatic carbocycles. The number of carbonyl (C=O) groups is 1. The smallest absolute Gasteiger partial charge is 0.252 e. The van der Waals surface area contributed by atoms with Crippen LogP contribution >= 0.6 is 0 Å². The lowest BCUT2D eigenvalue weighted by Crippen LogP contribution is -2.49. The fourth-order valence-electron chi connectivity index (χ4n) is 2.16. The second-order valence-electron chi connectivity index (χ2n) is 4.98. The number of aliphatic hydroxyl groups is 1. The number of amides is 1. The van der Waals surface area contributed by atoms with Gasteiger partial charge in [-0.3, -0.25) is 9.69 Å². The van der Waals surface area contributed by atoms with E-state index in [1.165, 1.54) is 0 Å². The van der Waals surface area contributed by atoms with Crippen LogP contribution in [0.3, 0.4) is 0 Å². The Bertz CT molecular complexity index is 397. The van der Waals surface area contributed by atoms with E-state index in [1.807, 2.05) is 11.9 Å². The van der Waals surface area contributed by atoms with E-state index in [0.717, 1.165) is 19.4 Å². The number of ether oxygens (including phenoxy) is 1. The number of carbonyl (C=O) groups excluding carboxylic acids is 1. The maximum atomic E-state index is 11.8. The van der Waals surface area contributed by atoms with Crippen LogP contribution < -0.4 is 5.32 Å². The molecule has 20 heavy (non-hydrogen) atoms. The van der Waals surface area contributed by atoms with Crippen molar-refractivity contribution in [2.75, 3.05) is 26.7 Å². The van der Waals surface area contributed by atoms with Crippen molar-refractivity contribution >= 4 is 5.91 Å². The van der Waals surface area contributed by atoms with Crippen LogP contribution in [-0.4, -0.2) is 60.9 Å². The molecule has 110 valence electrons. The van der Waals surface area contributed by atoms with E-state index in [0.29, 0.717) is 13.0 Å². The molecule has 1 heterocycles. The van der Waals surface area contributed by atoms with Crippen LogP contribution in [0, 0.1) is 24.7 Å². The lowest BCUT2D eigenvalue weighted by molar-refractivity contribution is -0.158. The highest BCUT2D eigenvalue weighted by Gasteiger charge is 2.34. The predicted octanol–water partition coefficient (Wildman–Crippen LogP) is -0.401. The molecule has 1 rings (SSSR count). The van der Waals surface area contributed by atoms with Crippen molar-refractivity contribution in [2.45, 2.75) is 37.6 Å². The first kappa shape index (κ1) is 16.5. The van der Waals surface area contributed by atoms with Crippen molar-refractivity contribution in [3.8, 4) is 24.7 Å². The van der Waals surface area contributed by atoms with Gasteiger partial charge in [0, 0.05) is 6.54 Å². The average Bonchev–Trinajstić information content (AvgIpc) is 2.44.